The van der Waals surface area contributed by atoms with Gasteiger partial charge in [-0.2, -0.15) is 0 Å². The molecule has 0 aliphatic heterocycles. The number of benzene rings is 1. The van der Waals surface area contributed by atoms with Gasteiger partial charge in [-0.15, -0.1) is 0 Å². The van der Waals surface area contributed by atoms with Crippen molar-refractivity contribution in [1.29, 1.82) is 0 Å². The smallest absolute Gasteiger partial charge is 0.281 e. The SMILES string of the molecule is CCn1c(C2CC2)c(Br)c(=O)n1-c1cccc(Cl)c1. The van der Waals surface area contributed by atoms with Crippen molar-refractivity contribution < 1.29 is 0 Å². The number of nitrogens with zero attached hydrogens (tertiary/aromatic N) is 2. The maximum Gasteiger partial charge on any atom is 0.286 e. The molecule has 1 heterocycles. The zero-order valence-electron chi connectivity index (χ0n) is 10.6. The molecule has 0 bridgehead atoms. The highest BCUT2D eigenvalue weighted by molar-refractivity contribution is 9.10. The van der Waals surface area contributed by atoms with Crippen LogP contribution in [0.3, 0.4) is 0 Å². The molecule has 1 aromatic heterocycles. The van der Waals surface area contributed by atoms with Gasteiger partial charge in [0.1, 0.15) is 4.47 Å². The summed E-state index contributed by atoms with van der Waals surface area (Å²) >= 11 is 9.49. The van der Waals surface area contributed by atoms with E-state index in [9.17, 15) is 4.79 Å². The van der Waals surface area contributed by atoms with Crippen LogP contribution in [0.25, 0.3) is 5.69 Å². The largest absolute Gasteiger partial charge is 0.286 e. The van der Waals surface area contributed by atoms with Gasteiger partial charge in [-0.3, -0.25) is 9.48 Å². The third kappa shape index (κ3) is 2.17. The van der Waals surface area contributed by atoms with Crippen LogP contribution in [-0.2, 0) is 6.54 Å². The van der Waals surface area contributed by atoms with Crippen molar-refractivity contribution >= 4 is 27.5 Å². The summed E-state index contributed by atoms with van der Waals surface area (Å²) in [7, 11) is 0. The summed E-state index contributed by atoms with van der Waals surface area (Å²) in [6.45, 7) is 2.82. The Kier molecular flexibility index (Phi) is 3.31. The van der Waals surface area contributed by atoms with E-state index in [-0.39, 0.29) is 5.56 Å². The van der Waals surface area contributed by atoms with Crippen molar-refractivity contribution in [3.05, 3.63) is 49.8 Å². The zero-order valence-corrected chi connectivity index (χ0v) is 12.9. The van der Waals surface area contributed by atoms with Gasteiger partial charge in [-0.1, -0.05) is 17.7 Å². The second-order valence-corrected chi connectivity index (χ2v) is 6.02. The van der Waals surface area contributed by atoms with Gasteiger partial charge in [0.25, 0.3) is 5.56 Å². The lowest BCUT2D eigenvalue weighted by molar-refractivity contribution is 0.549. The fourth-order valence-electron chi connectivity index (χ4n) is 2.46. The molecule has 5 heteroatoms. The Bertz CT molecular complexity index is 685. The molecule has 19 heavy (non-hydrogen) atoms. The van der Waals surface area contributed by atoms with E-state index < -0.39 is 0 Å². The first-order chi connectivity index (χ1) is 9.13. The minimum Gasteiger partial charge on any atom is -0.281 e. The van der Waals surface area contributed by atoms with Crippen LogP contribution in [0.15, 0.2) is 33.5 Å². The number of rotatable bonds is 3. The van der Waals surface area contributed by atoms with E-state index >= 15 is 0 Å². The Morgan fingerprint density at radius 2 is 2.16 bits per heavy atom. The molecule has 1 aromatic carbocycles. The lowest BCUT2D eigenvalue weighted by atomic mass is 10.3. The number of hydrogen-bond acceptors (Lipinski definition) is 1. The fraction of sp³-hybridized carbons (Fsp3) is 0.357. The van der Waals surface area contributed by atoms with Crippen molar-refractivity contribution in [2.75, 3.05) is 0 Å². The van der Waals surface area contributed by atoms with Gasteiger partial charge >= 0.3 is 0 Å². The molecule has 3 rings (SSSR count). The lowest BCUT2D eigenvalue weighted by Gasteiger charge is -2.12. The van der Waals surface area contributed by atoms with Gasteiger partial charge in [0, 0.05) is 17.5 Å². The summed E-state index contributed by atoms with van der Waals surface area (Å²) in [4.78, 5) is 12.5. The molecular weight excluding hydrogens is 328 g/mol. The summed E-state index contributed by atoms with van der Waals surface area (Å²) < 4.78 is 4.45. The van der Waals surface area contributed by atoms with E-state index in [1.807, 2.05) is 24.3 Å². The highest BCUT2D eigenvalue weighted by Gasteiger charge is 2.32. The zero-order chi connectivity index (χ0) is 13.6. The summed E-state index contributed by atoms with van der Waals surface area (Å²) in [6, 6.07) is 7.40. The predicted octanol–water partition coefficient (Wildman–Crippen LogP) is 3.95. The molecule has 0 spiro atoms. The van der Waals surface area contributed by atoms with E-state index in [2.05, 4.69) is 27.5 Å². The minimum atomic E-state index is -0.00832. The highest BCUT2D eigenvalue weighted by atomic mass is 79.9. The molecule has 1 fully saturated rings. The van der Waals surface area contributed by atoms with E-state index in [0.717, 1.165) is 30.8 Å². The number of hydrogen-bond donors (Lipinski definition) is 0. The van der Waals surface area contributed by atoms with E-state index in [0.29, 0.717) is 15.4 Å². The summed E-state index contributed by atoms with van der Waals surface area (Å²) in [5.74, 6) is 0.516. The molecule has 0 radical (unpaired) electrons. The van der Waals surface area contributed by atoms with Crippen LogP contribution < -0.4 is 5.56 Å². The van der Waals surface area contributed by atoms with Crippen LogP contribution >= 0.6 is 27.5 Å². The van der Waals surface area contributed by atoms with Gasteiger partial charge in [0.05, 0.1) is 11.4 Å². The predicted molar refractivity (Wildman–Crippen MR) is 80.4 cm³/mol. The molecule has 1 saturated carbocycles. The third-order valence-corrected chi connectivity index (χ3v) is 4.42. The maximum atomic E-state index is 12.5. The molecular formula is C14H14BrClN2O. The quantitative estimate of drug-likeness (QED) is 0.830. The van der Waals surface area contributed by atoms with Gasteiger partial charge < -0.3 is 0 Å². The molecule has 1 aliphatic carbocycles. The van der Waals surface area contributed by atoms with Crippen LogP contribution in [0.1, 0.15) is 31.4 Å². The number of halogens is 2. The van der Waals surface area contributed by atoms with Gasteiger partial charge in [0.2, 0.25) is 0 Å². The molecule has 0 unspecified atom stereocenters. The average molecular weight is 342 g/mol. The molecule has 100 valence electrons. The first-order valence-corrected chi connectivity index (χ1v) is 7.57. The van der Waals surface area contributed by atoms with Crippen molar-refractivity contribution in [1.82, 2.24) is 9.36 Å². The van der Waals surface area contributed by atoms with Crippen molar-refractivity contribution in [3.63, 3.8) is 0 Å². The first kappa shape index (κ1) is 13.0. The van der Waals surface area contributed by atoms with Crippen LogP contribution in [0.5, 0.6) is 0 Å². The highest BCUT2D eigenvalue weighted by Crippen LogP contribution is 2.42. The molecule has 0 saturated heterocycles. The Morgan fingerprint density at radius 1 is 1.42 bits per heavy atom. The van der Waals surface area contributed by atoms with Crippen LogP contribution in [0, 0.1) is 0 Å². The lowest BCUT2D eigenvalue weighted by Crippen LogP contribution is -2.21. The molecule has 0 amide bonds. The minimum absolute atomic E-state index is 0.00832. The second kappa shape index (κ2) is 4.84. The Labute approximate surface area is 124 Å². The van der Waals surface area contributed by atoms with E-state index in [1.54, 1.807) is 4.68 Å². The normalized spacial score (nSPS) is 14.9. The maximum absolute atomic E-state index is 12.5. The van der Waals surface area contributed by atoms with Crippen molar-refractivity contribution in [3.8, 4) is 5.69 Å². The van der Waals surface area contributed by atoms with Gasteiger partial charge in [0.15, 0.2) is 0 Å². The van der Waals surface area contributed by atoms with Crippen LogP contribution in [-0.4, -0.2) is 9.36 Å². The topological polar surface area (TPSA) is 26.9 Å². The van der Waals surface area contributed by atoms with Crippen molar-refractivity contribution in [2.24, 2.45) is 0 Å². The summed E-state index contributed by atoms with van der Waals surface area (Å²) in [5, 5.41) is 0.636. The summed E-state index contributed by atoms with van der Waals surface area (Å²) in [6.07, 6.45) is 2.33. The Hall–Kier alpha value is -1.00. The fourth-order valence-corrected chi connectivity index (χ4v) is 3.34. The van der Waals surface area contributed by atoms with Gasteiger partial charge in [-0.05, 0) is 53.9 Å². The molecule has 1 aliphatic rings. The van der Waals surface area contributed by atoms with Crippen LogP contribution in [0.2, 0.25) is 5.02 Å². The molecule has 0 atom stereocenters. The molecule has 3 nitrogen and oxygen atoms in total. The molecule has 2 aromatic rings. The first-order valence-electron chi connectivity index (χ1n) is 6.40. The number of aromatic nitrogens is 2. The van der Waals surface area contributed by atoms with E-state index in [1.165, 1.54) is 0 Å². The van der Waals surface area contributed by atoms with Crippen LogP contribution in [0.4, 0.5) is 0 Å². The standard InChI is InChI=1S/C14H14BrClN2O/c1-2-17-13(9-6-7-9)12(15)14(19)18(17)11-5-3-4-10(16)8-11/h3-5,8-9H,2,6-7H2,1H3. The Morgan fingerprint density at radius 3 is 2.74 bits per heavy atom. The van der Waals surface area contributed by atoms with Gasteiger partial charge in [-0.25, -0.2) is 4.68 Å². The second-order valence-electron chi connectivity index (χ2n) is 4.79. The Balaban J connectivity index is 2.26. The summed E-state index contributed by atoms with van der Waals surface area (Å²) in [5.41, 5.74) is 1.92. The molecule has 0 N–H and O–H groups in total. The van der Waals surface area contributed by atoms with Crippen molar-refractivity contribution in [2.45, 2.75) is 32.2 Å². The third-order valence-electron chi connectivity index (χ3n) is 3.44. The monoisotopic (exact) mass is 340 g/mol. The average Bonchev–Trinajstić information content (AvgIpc) is 3.18. The van der Waals surface area contributed by atoms with E-state index in [4.69, 9.17) is 11.6 Å².